The predicted molar refractivity (Wildman–Crippen MR) is 91.3 cm³/mol. The molecule has 0 aromatic carbocycles. The molecular weight excluding hydrogens is 318 g/mol. The van der Waals surface area contributed by atoms with Crippen molar-refractivity contribution in [2.45, 2.75) is 52.1 Å². The molecule has 0 atom stereocenters. The van der Waals surface area contributed by atoms with Crippen LogP contribution in [0.4, 0.5) is 10.6 Å². The van der Waals surface area contributed by atoms with E-state index in [4.69, 9.17) is 17.0 Å². The van der Waals surface area contributed by atoms with Gasteiger partial charge in [0.15, 0.2) is 4.77 Å². The number of nitrogens with one attached hydrogen (secondary N) is 2. The fraction of sp³-hybridized carbons (Fsp3) is 0.533. The minimum atomic E-state index is -0.541. The molecule has 0 radical (unpaired) electrons. The van der Waals surface area contributed by atoms with Crippen molar-refractivity contribution in [1.82, 2.24) is 9.97 Å². The Morgan fingerprint density at radius 1 is 1.36 bits per heavy atom. The second kappa shape index (κ2) is 5.62. The summed E-state index contributed by atoms with van der Waals surface area (Å²) in [5.41, 5.74) is 0.747. The van der Waals surface area contributed by atoms with Gasteiger partial charge in [-0.1, -0.05) is 0 Å². The molecular formula is C15H19N3O2S2. The second-order valence-electron chi connectivity index (χ2n) is 6.43. The first-order valence-corrected chi connectivity index (χ1v) is 8.60. The van der Waals surface area contributed by atoms with E-state index in [9.17, 15) is 4.79 Å². The first-order chi connectivity index (χ1) is 10.3. The summed E-state index contributed by atoms with van der Waals surface area (Å²) in [6.07, 6.45) is 3.99. The lowest BCUT2D eigenvalue weighted by Gasteiger charge is -2.20. The van der Waals surface area contributed by atoms with Gasteiger partial charge in [0.05, 0.1) is 5.39 Å². The molecule has 0 bridgehead atoms. The van der Waals surface area contributed by atoms with E-state index in [1.54, 1.807) is 11.3 Å². The molecule has 22 heavy (non-hydrogen) atoms. The van der Waals surface area contributed by atoms with Gasteiger partial charge in [0.25, 0.3) is 0 Å². The van der Waals surface area contributed by atoms with Gasteiger partial charge in [-0.3, -0.25) is 5.32 Å². The molecule has 2 N–H and O–H groups in total. The molecule has 5 nitrogen and oxygen atoms in total. The number of rotatable bonds is 1. The summed E-state index contributed by atoms with van der Waals surface area (Å²) >= 11 is 6.86. The Balaban J connectivity index is 2.03. The number of thiophene rings is 1. The van der Waals surface area contributed by atoms with Gasteiger partial charge in [-0.2, -0.15) is 0 Å². The monoisotopic (exact) mass is 337 g/mol. The number of carbonyl (C=O) groups excluding carboxylic acids is 1. The summed E-state index contributed by atoms with van der Waals surface area (Å²) in [6, 6.07) is 0. The molecule has 7 heteroatoms. The largest absolute Gasteiger partial charge is 0.444 e. The van der Waals surface area contributed by atoms with Crippen LogP contribution in [-0.4, -0.2) is 21.7 Å². The number of aromatic amines is 1. The van der Waals surface area contributed by atoms with E-state index < -0.39 is 11.7 Å². The van der Waals surface area contributed by atoms with Crippen molar-refractivity contribution in [3.05, 3.63) is 15.2 Å². The molecule has 0 aliphatic heterocycles. The third-order valence-electron chi connectivity index (χ3n) is 3.46. The van der Waals surface area contributed by atoms with Crippen molar-refractivity contribution in [2.75, 3.05) is 5.32 Å². The quantitative estimate of drug-likeness (QED) is 0.748. The maximum atomic E-state index is 12.1. The van der Waals surface area contributed by atoms with Crippen LogP contribution >= 0.6 is 23.6 Å². The van der Waals surface area contributed by atoms with Crippen molar-refractivity contribution in [2.24, 2.45) is 0 Å². The zero-order valence-electron chi connectivity index (χ0n) is 12.9. The van der Waals surface area contributed by atoms with Gasteiger partial charge in [-0.15, -0.1) is 11.3 Å². The third kappa shape index (κ3) is 3.15. The van der Waals surface area contributed by atoms with E-state index in [1.807, 2.05) is 20.8 Å². The summed E-state index contributed by atoms with van der Waals surface area (Å²) < 4.78 is 5.70. The Bertz CT molecular complexity index is 786. The third-order valence-corrected chi connectivity index (χ3v) is 4.84. The molecule has 0 saturated carbocycles. The number of fused-ring (bicyclic) bond motifs is 3. The van der Waals surface area contributed by atoms with Crippen molar-refractivity contribution in [1.29, 1.82) is 0 Å². The molecule has 2 heterocycles. The lowest BCUT2D eigenvalue weighted by atomic mass is 9.97. The number of aromatic nitrogens is 2. The van der Waals surface area contributed by atoms with Gasteiger partial charge in [0, 0.05) is 4.88 Å². The lowest BCUT2D eigenvalue weighted by Crippen LogP contribution is -2.27. The van der Waals surface area contributed by atoms with E-state index in [0.717, 1.165) is 23.1 Å². The van der Waals surface area contributed by atoms with Crippen LogP contribution < -0.4 is 5.32 Å². The highest BCUT2D eigenvalue weighted by Gasteiger charge is 2.22. The van der Waals surface area contributed by atoms with Crippen molar-refractivity contribution in [3.63, 3.8) is 0 Å². The number of anilines is 1. The van der Waals surface area contributed by atoms with Crippen molar-refractivity contribution >= 4 is 45.7 Å². The summed E-state index contributed by atoms with van der Waals surface area (Å²) in [5, 5.41) is 3.79. The lowest BCUT2D eigenvalue weighted by molar-refractivity contribution is 0.0635. The molecule has 0 saturated heterocycles. The molecule has 0 fully saturated rings. The van der Waals surface area contributed by atoms with Crippen molar-refractivity contribution in [3.8, 4) is 0 Å². The number of hydrogen-bond donors (Lipinski definition) is 2. The molecule has 3 rings (SSSR count). The van der Waals surface area contributed by atoms with Crippen LogP contribution in [0.1, 0.15) is 44.1 Å². The average Bonchev–Trinajstić information content (AvgIpc) is 2.73. The number of aryl methyl sites for hydroxylation is 2. The van der Waals surface area contributed by atoms with Gasteiger partial charge < -0.3 is 9.72 Å². The topological polar surface area (TPSA) is 67.0 Å². The van der Waals surface area contributed by atoms with E-state index in [1.165, 1.54) is 23.3 Å². The van der Waals surface area contributed by atoms with Crippen LogP contribution in [0.25, 0.3) is 10.2 Å². The highest BCUT2D eigenvalue weighted by molar-refractivity contribution is 7.71. The molecule has 1 aliphatic carbocycles. The van der Waals surface area contributed by atoms with Crippen LogP contribution in [0.15, 0.2) is 0 Å². The Kier molecular flexibility index (Phi) is 3.94. The maximum absolute atomic E-state index is 12.1. The normalized spacial score (nSPS) is 14.7. The van der Waals surface area contributed by atoms with Gasteiger partial charge in [0.2, 0.25) is 0 Å². The zero-order valence-corrected chi connectivity index (χ0v) is 14.5. The Hall–Kier alpha value is -1.47. The Morgan fingerprint density at radius 2 is 2.09 bits per heavy atom. The minimum Gasteiger partial charge on any atom is -0.444 e. The minimum absolute atomic E-state index is 0.372. The molecule has 1 aliphatic rings. The van der Waals surface area contributed by atoms with Crippen LogP contribution in [0.3, 0.4) is 0 Å². The number of carbonyl (C=O) groups is 1. The molecule has 2 aromatic rings. The number of H-pyrrole nitrogens is 1. The van der Waals surface area contributed by atoms with Crippen LogP contribution in [0.2, 0.25) is 0 Å². The Morgan fingerprint density at radius 3 is 2.82 bits per heavy atom. The van der Waals surface area contributed by atoms with E-state index in [0.29, 0.717) is 10.6 Å². The summed E-state index contributed by atoms with van der Waals surface area (Å²) in [5.74, 6) is 0.601. The highest BCUT2D eigenvalue weighted by atomic mass is 32.1. The van der Waals surface area contributed by atoms with E-state index >= 15 is 0 Å². The van der Waals surface area contributed by atoms with Gasteiger partial charge in [0.1, 0.15) is 16.2 Å². The fourth-order valence-electron chi connectivity index (χ4n) is 2.68. The van der Waals surface area contributed by atoms with Gasteiger partial charge >= 0.3 is 6.09 Å². The number of hydrogen-bond acceptors (Lipinski definition) is 5. The highest BCUT2D eigenvalue weighted by Crippen LogP contribution is 2.38. The Labute approximate surface area is 138 Å². The first kappa shape index (κ1) is 15.4. The van der Waals surface area contributed by atoms with Gasteiger partial charge in [-0.25, -0.2) is 9.78 Å². The molecule has 118 valence electrons. The van der Waals surface area contributed by atoms with Gasteiger partial charge in [-0.05, 0) is 64.2 Å². The smallest absolute Gasteiger partial charge is 0.413 e. The maximum Gasteiger partial charge on any atom is 0.413 e. The summed E-state index contributed by atoms with van der Waals surface area (Å²) in [6.45, 7) is 5.51. The molecule has 0 spiro atoms. The molecule has 1 amide bonds. The first-order valence-electron chi connectivity index (χ1n) is 7.38. The standard InChI is InChI=1S/C15H19N3O2S2/c1-15(2,3)20-14(19)17-11-10-8-6-4-5-7-9(8)22-12(10)18-13(21)16-11/h4-7H2,1-3H3,(H2,16,17,18,19,21). The zero-order chi connectivity index (χ0) is 15.9. The predicted octanol–water partition coefficient (Wildman–Crippen LogP) is 4.58. The van der Waals surface area contributed by atoms with Crippen molar-refractivity contribution < 1.29 is 9.53 Å². The number of nitrogens with zero attached hydrogens (tertiary/aromatic N) is 1. The summed E-state index contributed by atoms with van der Waals surface area (Å²) in [7, 11) is 0. The average molecular weight is 337 g/mol. The number of ether oxygens (including phenoxy) is 1. The summed E-state index contributed by atoms with van der Waals surface area (Å²) in [4.78, 5) is 21.7. The molecule has 0 unspecified atom stereocenters. The fourth-order valence-corrected chi connectivity index (χ4v) is 4.20. The van der Waals surface area contributed by atoms with Crippen LogP contribution in [0, 0.1) is 4.77 Å². The van der Waals surface area contributed by atoms with Crippen LogP contribution in [-0.2, 0) is 17.6 Å². The second-order valence-corrected chi connectivity index (χ2v) is 7.91. The number of amides is 1. The molecule has 2 aromatic heterocycles. The van der Waals surface area contributed by atoms with E-state index in [2.05, 4.69) is 15.3 Å². The van der Waals surface area contributed by atoms with Crippen LogP contribution in [0.5, 0.6) is 0 Å². The SMILES string of the molecule is CC(C)(C)OC(=O)Nc1[nH]c(=S)nc2sc3c(c12)CCCC3. The van der Waals surface area contributed by atoms with E-state index in [-0.39, 0.29) is 0 Å².